The van der Waals surface area contributed by atoms with Gasteiger partial charge in [-0.1, -0.05) is 41.9 Å². The topological polar surface area (TPSA) is 51.0 Å². The molecule has 1 heterocycles. The highest BCUT2D eigenvalue weighted by molar-refractivity contribution is 6.30. The molecule has 1 aromatic heterocycles. The van der Waals surface area contributed by atoms with Crippen molar-refractivity contribution in [2.45, 2.75) is 19.9 Å². The van der Waals surface area contributed by atoms with Gasteiger partial charge in [-0.15, -0.1) is 10.2 Å². The molecule has 0 unspecified atom stereocenters. The highest BCUT2D eigenvalue weighted by Gasteiger charge is 2.07. The Labute approximate surface area is 134 Å². The summed E-state index contributed by atoms with van der Waals surface area (Å²) in [5, 5.41) is 12.2. The third kappa shape index (κ3) is 3.65. The molecule has 3 aromatic rings. The average molecular weight is 314 g/mol. The van der Waals surface area contributed by atoms with E-state index in [-0.39, 0.29) is 0 Å². The van der Waals surface area contributed by atoms with Crippen molar-refractivity contribution < 1.29 is 4.42 Å². The first-order valence-corrected chi connectivity index (χ1v) is 7.44. The van der Waals surface area contributed by atoms with Gasteiger partial charge in [0.25, 0.3) is 0 Å². The first-order valence-electron chi connectivity index (χ1n) is 7.06. The van der Waals surface area contributed by atoms with E-state index in [0.29, 0.717) is 24.7 Å². The molecule has 2 aromatic carbocycles. The number of anilines is 1. The Bertz CT molecular complexity index is 756. The summed E-state index contributed by atoms with van der Waals surface area (Å²) in [6.07, 6.45) is 0.647. The van der Waals surface area contributed by atoms with Gasteiger partial charge >= 0.3 is 0 Å². The first kappa shape index (κ1) is 14.6. The lowest BCUT2D eigenvalue weighted by atomic mass is 10.2. The van der Waals surface area contributed by atoms with Crippen LogP contribution in [0.25, 0.3) is 0 Å². The predicted octanol–water partition coefficient (Wildman–Crippen LogP) is 4.23. The van der Waals surface area contributed by atoms with Crippen LogP contribution < -0.4 is 5.32 Å². The van der Waals surface area contributed by atoms with Crippen molar-refractivity contribution in [3.63, 3.8) is 0 Å². The number of aryl methyl sites for hydroxylation is 1. The van der Waals surface area contributed by atoms with Gasteiger partial charge in [-0.2, -0.15) is 0 Å². The van der Waals surface area contributed by atoms with E-state index in [4.69, 9.17) is 16.0 Å². The van der Waals surface area contributed by atoms with Crippen LogP contribution in [0.2, 0.25) is 5.02 Å². The Balaban J connectivity index is 1.62. The summed E-state index contributed by atoms with van der Waals surface area (Å²) in [5.74, 6) is 1.19. The molecule has 22 heavy (non-hydrogen) atoms. The summed E-state index contributed by atoms with van der Waals surface area (Å²) in [7, 11) is 0. The average Bonchev–Trinajstić information content (AvgIpc) is 2.95. The van der Waals surface area contributed by atoms with Crippen LogP contribution in [0.1, 0.15) is 22.9 Å². The number of hydrogen-bond acceptors (Lipinski definition) is 4. The van der Waals surface area contributed by atoms with Crippen molar-refractivity contribution in [3.8, 4) is 0 Å². The molecular weight excluding hydrogens is 298 g/mol. The zero-order valence-electron chi connectivity index (χ0n) is 12.2. The smallest absolute Gasteiger partial charge is 0.235 e. The molecule has 4 nitrogen and oxygen atoms in total. The van der Waals surface area contributed by atoms with E-state index in [1.165, 1.54) is 0 Å². The van der Waals surface area contributed by atoms with Crippen LogP contribution in [0.4, 0.5) is 5.69 Å². The van der Waals surface area contributed by atoms with Crippen molar-refractivity contribution in [2.24, 2.45) is 0 Å². The molecule has 0 radical (unpaired) electrons. The molecule has 0 aliphatic heterocycles. The second-order valence-corrected chi connectivity index (χ2v) is 5.50. The summed E-state index contributed by atoms with van der Waals surface area (Å²) >= 11 is 5.95. The number of nitrogens with zero attached hydrogens (tertiary/aromatic N) is 2. The standard InChI is InChI=1S/C17H16ClN3O/c1-12-9-14(18)7-8-15(12)19-11-17-21-20-16(22-17)10-13-5-3-2-4-6-13/h2-9,19H,10-11H2,1H3. The Hall–Kier alpha value is -2.33. The predicted molar refractivity (Wildman–Crippen MR) is 87.1 cm³/mol. The minimum atomic E-state index is 0.490. The van der Waals surface area contributed by atoms with Gasteiger partial charge in [-0.3, -0.25) is 0 Å². The summed E-state index contributed by atoms with van der Waals surface area (Å²) in [6.45, 7) is 2.49. The maximum absolute atomic E-state index is 5.95. The van der Waals surface area contributed by atoms with Crippen molar-refractivity contribution in [1.29, 1.82) is 0 Å². The number of rotatable bonds is 5. The van der Waals surface area contributed by atoms with Crippen molar-refractivity contribution in [1.82, 2.24) is 10.2 Å². The van der Waals surface area contributed by atoms with Gasteiger partial charge < -0.3 is 9.73 Å². The Morgan fingerprint density at radius 3 is 2.59 bits per heavy atom. The Morgan fingerprint density at radius 1 is 1.05 bits per heavy atom. The number of halogens is 1. The zero-order valence-corrected chi connectivity index (χ0v) is 13.0. The largest absolute Gasteiger partial charge is 0.423 e. The van der Waals surface area contributed by atoms with Crippen LogP contribution in [0.15, 0.2) is 52.9 Å². The van der Waals surface area contributed by atoms with E-state index in [9.17, 15) is 0 Å². The molecule has 0 saturated heterocycles. The molecule has 0 fully saturated rings. The molecule has 0 atom stereocenters. The molecule has 112 valence electrons. The lowest BCUT2D eigenvalue weighted by Gasteiger charge is -2.07. The minimum Gasteiger partial charge on any atom is -0.423 e. The van der Waals surface area contributed by atoms with E-state index in [2.05, 4.69) is 15.5 Å². The van der Waals surface area contributed by atoms with Crippen molar-refractivity contribution >= 4 is 17.3 Å². The summed E-state index contributed by atoms with van der Waals surface area (Å²) in [6, 6.07) is 15.8. The summed E-state index contributed by atoms with van der Waals surface area (Å²) in [4.78, 5) is 0. The number of nitrogens with one attached hydrogen (secondary N) is 1. The fraction of sp³-hybridized carbons (Fsp3) is 0.176. The highest BCUT2D eigenvalue weighted by atomic mass is 35.5. The number of hydrogen-bond donors (Lipinski definition) is 1. The van der Waals surface area contributed by atoms with E-state index in [0.717, 1.165) is 21.8 Å². The lowest BCUT2D eigenvalue weighted by Crippen LogP contribution is -2.01. The van der Waals surface area contributed by atoms with E-state index < -0.39 is 0 Å². The molecule has 5 heteroatoms. The highest BCUT2D eigenvalue weighted by Crippen LogP contribution is 2.20. The molecule has 0 saturated carbocycles. The molecule has 1 N–H and O–H groups in total. The zero-order chi connectivity index (χ0) is 15.4. The fourth-order valence-corrected chi connectivity index (χ4v) is 2.42. The lowest BCUT2D eigenvalue weighted by molar-refractivity contribution is 0.464. The van der Waals surface area contributed by atoms with E-state index in [1.807, 2.05) is 55.5 Å². The van der Waals surface area contributed by atoms with Gasteiger partial charge in [0.1, 0.15) is 0 Å². The van der Waals surface area contributed by atoms with Gasteiger partial charge in [0, 0.05) is 10.7 Å². The van der Waals surface area contributed by atoms with Crippen LogP contribution in [0, 0.1) is 6.92 Å². The van der Waals surface area contributed by atoms with E-state index >= 15 is 0 Å². The molecular formula is C17H16ClN3O. The monoisotopic (exact) mass is 313 g/mol. The van der Waals surface area contributed by atoms with Gasteiger partial charge in [-0.05, 0) is 36.2 Å². The summed E-state index contributed by atoms with van der Waals surface area (Å²) < 4.78 is 5.66. The maximum Gasteiger partial charge on any atom is 0.235 e. The third-order valence-electron chi connectivity index (χ3n) is 3.33. The maximum atomic E-state index is 5.95. The third-order valence-corrected chi connectivity index (χ3v) is 3.56. The minimum absolute atomic E-state index is 0.490. The van der Waals surface area contributed by atoms with Crippen molar-refractivity contribution in [3.05, 3.63) is 76.5 Å². The second kappa shape index (κ2) is 6.62. The van der Waals surface area contributed by atoms with Crippen LogP contribution in [-0.2, 0) is 13.0 Å². The Kier molecular flexibility index (Phi) is 4.39. The van der Waals surface area contributed by atoms with Gasteiger partial charge in [-0.25, -0.2) is 0 Å². The first-order chi connectivity index (χ1) is 10.7. The SMILES string of the molecule is Cc1cc(Cl)ccc1NCc1nnc(Cc2ccccc2)o1. The fourth-order valence-electron chi connectivity index (χ4n) is 2.20. The molecule has 0 spiro atoms. The van der Waals surface area contributed by atoms with Gasteiger partial charge in [0.05, 0.1) is 13.0 Å². The molecule has 0 aliphatic carbocycles. The molecule has 0 bridgehead atoms. The molecule has 0 amide bonds. The molecule has 0 aliphatic rings. The second-order valence-electron chi connectivity index (χ2n) is 5.06. The van der Waals surface area contributed by atoms with Crippen LogP contribution in [0.5, 0.6) is 0 Å². The van der Waals surface area contributed by atoms with Gasteiger partial charge in [0.2, 0.25) is 11.8 Å². The Morgan fingerprint density at radius 2 is 1.82 bits per heavy atom. The normalized spacial score (nSPS) is 10.6. The quantitative estimate of drug-likeness (QED) is 0.765. The van der Waals surface area contributed by atoms with Crippen LogP contribution in [-0.4, -0.2) is 10.2 Å². The van der Waals surface area contributed by atoms with Crippen LogP contribution in [0.3, 0.4) is 0 Å². The summed E-state index contributed by atoms with van der Waals surface area (Å²) in [5.41, 5.74) is 3.24. The van der Waals surface area contributed by atoms with Gasteiger partial charge in [0.15, 0.2) is 0 Å². The van der Waals surface area contributed by atoms with Crippen LogP contribution >= 0.6 is 11.6 Å². The molecule has 3 rings (SSSR count). The number of aromatic nitrogens is 2. The number of benzene rings is 2. The van der Waals surface area contributed by atoms with Crippen molar-refractivity contribution in [2.75, 3.05) is 5.32 Å². The van der Waals surface area contributed by atoms with E-state index in [1.54, 1.807) is 0 Å².